The molecule has 1 saturated heterocycles. The Labute approximate surface area is 200 Å². The first kappa shape index (κ1) is 20.9. The standard InChI is InChI=1S/C27H29N7/c1-27(22-6-4-19(12-28)5-7-22)11-25-26-30-29-18-34(26)24-9-8-23(10-21(24)16-33(25)17-27)32-14-20(15-32)13-31(2)3/h4-11,18,20H,13-17H2,1-3H3. The molecule has 0 saturated carbocycles. The molecule has 1 aromatic heterocycles. The van der Waals surface area contributed by atoms with Crippen molar-refractivity contribution in [3.8, 4) is 11.8 Å². The fourth-order valence-corrected chi connectivity index (χ4v) is 5.70. The highest BCUT2D eigenvalue weighted by atomic mass is 15.3. The fourth-order valence-electron chi connectivity index (χ4n) is 5.70. The van der Waals surface area contributed by atoms with Gasteiger partial charge in [-0.15, -0.1) is 10.2 Å². The number of fused-ring (bicyclic) bond motifs is 5. The van der Waals surface area contributed by atoms with E-state index < -0.39 is 0 Å². The van der Waals surface area contributed by atoms with E-state index in [2.05, 4.69) is 93.0 Å². The molecule has 0 N–H and O–H groups in total. The van der Waals surface area contributed by atoms with Crippen LogP contribution in [-0.2, 0) is 12.0 Å². The molecule has 0 radical (unpaired) electrons. The first-order valence-corrected chi connectivity index (χ1v) is 11.9. The smallest absolute Gasteiger partial charge is 0.184 e. The molecule has 3 aliphatic rings. The lowest BCUT2D eigenvalue weighted by molar-refractivity contribution is 0.283. The van der Waals surface area contributed by atoms with Crippen LogP contribution in [0.5, 0.6) is 0 Å². The van der Waals surface area contributed by atoms with Gasteiger partial charge in [0.15, 0.2) is 5.82 Å². The maximum absolute atomic E-state index is 9.18. The minimum Gasteiger partial charge on any atom is -0.371 e. The quantitative estimate of drug-likeness (QED) is 0.607. The number of nitrogens with zero attached hydrogens (tertiary/aromatic N) is 7. The number of aromatic nitrogens is 3. The van der Waals surface area contributed by atoms with E-state index in [0.717, 1.165) is 55.9 Å². The highest BCUT2D eigenvalue weighted by Gasteiger charge is 2.39. The van der Waals surface area contributed by atoms with Crippen molar-refractivity contribution in [2.75, 3.05) is 45.2 Å². The Hall–Kier alpha value is -3.63. The van der Waals surface area contributed by atoms with Gasteiger partial charge in [-0.3, -0.25) is 4.57 Å². The maximum atomic E-state index is 9.18. The largest absolute Gasteiger partial charge is 0.371 e. The molecule has 4 heterocycles. The zero-order chi connectivity index (χ0) is 23.4. The second kappa shape index (κ2) is 7.71. The molecule has 2 aromatic carbocycles. The molecule has 0 amide bonds. The summed E-state index contributed by atoms with van der Waals surface area (Å²) < 4.78 is 2.13. The van der Waals surface area contributed by atoms with Gasteiger partial charge in [-0.1, -0.05) is 19.1 Å². The molecule has 34 heavy (non-hydrogen) atoms. The Morgan fingerprint density at radius 1 is 1.12 bits per heavy atom. The zero-order valence-electron chi connectivity index (χ0n) is 19.9. The molecule has 1 atom stereocenters. The minimum absolute atomic E-state index is 0.161. The number of nitriles is 1. The second-order valence-corrected chi connectivity index (χ2v) is 10.4. The molecule has 0 bridgehead atoms. The lowest BCUT2D eigenvalue weighted by Gasteiger charge is -2.42. The minimum atomic E-state index is -0.161. The SMILES string of the molecule is CN(C)CC1CN(c2ccc3c(c2)CN2CC(C)(c4ccc(C#N)cc4)C=C2c2nncn2-3)C1. The van der Waals surface area contributed by atoms with Crippen molar-refractivity contribution in [2.45, 2.75) is 18.9 Å². The maximum Gasteiger partial charge on any atom is 0.184 e. The zero-order valence-corrected chi connectivity index (χ0v) is 19.9. The predicted molar refractivity (Wildman–Crippen MR) is 133 cm³/mol. The van der Waals surface area contributed by atoms with Crippen LogP contribution >= 0.6 is 0 Å². The van der Waals surface area contributed by atoms with Crippen LogP contribution in [-0.4, -0.2) is 64.8 Å². The Balaban J connectivity index is 1.33. The summed E-state index contributed by atoms with van der Waals surface area (Å²) in [7, 11) is 4.29. The predicted octanol–water partition coefficient (Wildman–Crippen LogP) is 3.26. The van der Waals surface area contributed by atoms with Crippen molar-refractivity contribution in [3.63, 3.8) is 0 Å². The van der Waals surface area contributed by atoms with Gasteiger partial charge in [-0.2, -0.15) is 5.26 Å². The van der Waals surface area contributed by atoms with Gasteiger partial charge in [-0.25, -0.2) is 0 Å². The van der Waals surface area contributed by atoms with Crippen LogP contribution in [0.1, 0.15) is 29.4 Å². The molecule has 1 unspecified atom stereocenters. The van der Waals surface area contributed by atoms with Crippen LogP contribution in [0.4, 0.5) is 5.69 Å². The number of hydrogen-bond acceptors (Lipinski definition) is 6. The Morgan fingerprint density at radius 3 is 2.65 bits per heavy atom. The highest BCUT2D eigenvalue weighted by Crippen LogP contribution is 2.42. The van der Waals surface area contributed by atoms with Crippen molar-refractivity contribution in [1.29, 1.82) is 5.26 Å². The third kappa shape index (κ3) is 3.37. The van der Waals surface area contributed by atoms with E-state index in [1.165, 1.54) is 16.8 Å². The fraction of sp³-hybridized carbons (Fsp3) is 0.370. The molecule has 0 aliphatic carbocycles. The van der Waals surface area contributed by atoms with Gasteiger partial charge >= 0.3 is 0 Å². The number of anilines is 1. The summed E-state index contributed by atoms with van der Waals surface area (Å²) in [6.07, 6.45) is 4.15. The Kier molecular flexibility index (Phi) is 4.75. The van der Waals surface area contributed by atoms with Crippen molar-refractivity contribution in [3.05, 3.63) is 77.4 Å². The molecule has 1 fully saturated rings. The molecule has 3 aliphatic heterocycles. The highest BCUT2D eigenvalue weighted by molar-refractivity contribution is 5.69. The van der Waals surface area contributed by atoms with E-state index >= 15 is 0 Å². The van der Waals surface area contributed by atoms with Crippen LogP contribution in [0.2, 0.25) is 0 Å². The van der Waals surface area contributed by atoms with Crippen molar-refractivity contribution in [1.82, 2.24) is 24.6 Å². The Morgan fingerprint density at radius 2 is 1.91 bits per heavy atom. The van der Waals surface area contributed by atoms with Gasteiger partial charge in [0.1, 0.15) is 6.33 Å². The Bertz CT molecular complexity index is 1310. The molecule has 3 aromatic rings. The van der Waals surface area contributed by atoms with E-state index in [9.17, 15) is 5.26 Å². The number of benzene rings is 2. The first-order chi connectivity index (χ1) is 16.4. The molecule has 0 spiro atoms. The summed E-state index contributed by atoms with van der Waals surface area (Å²) in [6.45, 7) is 7.32. The second-order valence-electron chi connectivity index (χ2n) is 10.4. The summed E-state index contributed by atoms with van der Waals surface area (Å²) in [6, 6.07) is 17.0. The summed E-state index contributed by atoms with van der Waals surface area (Å²) >= 11 is 0. The van der Waals surface area contributed by atoms with Gasteiger partial charge in [0.05, 0.1) is 23.0 Å². The lowest BCUT2D eigenvalue weighted by Crippen LogP contribution is -2.50. The van der Waals surface area contributed by atoms with E-state index in [-0.39, 0.29) is 5.41 Å². The molecule has 6 rings (SSSR count). The number of rotatable bonds is 4. The van der Waals surface area contributed by atoms with E-state index in [0.29, 0.717) is 5.56 Å². The van der Waals surface area contributed by atoms with E-state index in [1.807, 2.05) is 18.5 Å². The molecular weight excluding hydrogens is 422 g/mol. The van der Waals surface area contributed by atoms with Gasteiger partial charge in [0.25, 0.3) is 0 Å². The van der Waals surface area contributed by atoms with Crippen LogP contribution in [0.3, 0.4) is 0 Å². The first-order valence-electron chi connectivity index (χ1n) is 11.9. The summed E-state index contributed by atoms with van der Waals surface area (Å²) in [5.74, 6) is 1.62. The average Bonchev–Trinajstić information content (AvgIpc) is 3.38. The van der Waals surface area contributed by atoms with E-state index in [1.54, 1.807) is 0 Å². The lowest BCUT2D eigenvalue weighted by atomic mass is 9.83. The summed E-state index contributed by atoms with van der Waals surface area (Å²) in [5.41, 5.74) is 6.60. The van der Waals surface area contributed by atoms with Crippen LogP contribution in [0, 0.1) is 17.2 Å². The van der Waals surface area contributed by atoms with Gasteiger partial charge in [0.2, 0.25) is 0 Å². The molecular formula is C27H29N7. The summed E-state index contributed by atoms with van der Waals surface area (Å²) in [5, 5.41) is 18.0. The molecule has 172 valence electrons. The third-order valence-electron chi connectivity index (χ3n) is 7.40. The normalized spacial score (nSPS) is 21.3. The monoisotopic (exact) mass is 451 g/mol. The van der Waals surface area contributed by atoms with Crippen molar-refractivity contribution in [2.24, 2.45) is 5.92 Å². The van der Waals surface area contributed by atoms with Gasteiger partial charge in [-0.05, 0) is 61.6 Å². The molecule has 7 nitrogen and oxygen atoms in total. The topological polar surface area (TPSA) is 64.2 Å². The van der Waals surface area contributed by atoms with Crippen molar-refractivity contribution >= 4 is 11.4 Å². The van der Waals surface area contributed by atoms with Crippen LogP contribution in [0.25, 0.3) is 11.4 Å². The van der Waals surface area contributed by atoms with Crippen LogP contribution in [0.15, 0.2) is 54.9 Å². The number of hydrogen-bond donors (Lipinski definition) is 0. The summed E-state index contributed by atoms with van der Waals surface area (Å²) in [4.78, 5) is 7.19. The van der Waals surface area contributed by atoms with Crippen molar-refractivity contribution < 1.29 is 0 Å². The van der Waals surface area contributed by atoms with E-state index in [4.69, 9.17) is 0 Å². The van der Waals surface area contributed by atoms with Gasteiger partial charge in [0, 0.05) is 49.7 Å². The third-order valence-corrected chi connectivity index (χ3v) is 7.40. The average molecular weight is 452 g/mol. The molecule has 7 heteroatoms. The van der Waals surface area contributed by atoms with Crippen LogP contribution < -0.4 is 4.90 Å². The van der Waals surface area contributed by atoms with Gasteiger partial charge < -0.3 is 14.7 Å².